The molecule has 0 atom stereocenters. The molecule has 0 fully saturated rings. The van der Waals surface area contributed by atoms with E-state index in [1.807, 2.05) is 0 Å². The summed E-state index contributed by atoms with van der Waals surface area (Å²) in [6.45, 7) is 0.323. The fourth-order valence-electron chi connectivity index (χ4n) is 1.92. The molecule has 1 amide bonds. The number of carbonyl (C=O) groups excluding carboxylic acids is 1. The minimum absolute atomic E-state index is 0.0740. The van der Waals surface area contributed by atoms with E-state index >= 15 is 0 Å². The zero-order valence-electron chi connectivity index (χ0n) is 11.9. The maximum Gasteiger partial charge on any atom is 0.254 e. The molecule has 2 aromatic rings. The van der Waals surface area contributed by atoms with Crippen LogP contribution in [0.4, 0.5) is 5.82 Å². The Morgan fingerprint density at radius 3 is 2.86 bits per heavy atom. The smallest absolute Gasteiger partial charge is 0.254 e. The van der Waals surface area contributed by atoms with Gasteiger partial charge in [-0.05, 0) is 18.2 Å². The van der Waals surface area contributed by atoms with E-state index in [1.165, 1.54) is 7.11 Å². The molecule has 1 heterocycles. The van der Waals surface area contributed by atoms with Gasteiger partial charge in [-0.25, -0.2) is 4.98 Å². The number of nitrogens with zero attached hydrogens (tertiary/aromatic N) is 1. The molecule has 110 valence electrons. The molecule has 6 heteroatoms. The average molecular weight is 287 g/mol. The van der Waals surface area contributed by atoms with E-state index < -0.39 is 0 Å². The van der Waals surface area contributed by atoms with Gasteiger partial charge in [0.15, 0.2) is 11.5 Å². The van der Waals surface area contributed by atoms with Crippen molar-refractivity contribution in [3.05, 3.63) is 47.7 Å². The lowest BCUT2D eigenvalue weighted by Gasteiger charge is -2.12. The first-order valence-corrected chi connectivity index (χ1v) is 6.43. The Hall–Kier alpha value is -2.76. The van der Waals surface area contributed by atoms with Crippen LogP contribution in [0.25, 0.3) is 0 Å². The Bertz CT molecular complexity index is 644. The van der Waals surface area contributed by atoms with Gasteiger partial charge >= 0.3 is 0 Å². The van der Waals surface area contributed by atoms with Gasteiger partial charge in [0.25, 0.3) is 5.91 Å². The number of carbonyl (C=O) groups is 1. The quantitative estimate of drug-likeness (QED) is 0.780. The third-order valence-corrected chi connectivity index (χ3v) is 3.03. The highest BCUT2D eigenvalue weighted by Gasteiger charge is 2.12. The van der Waals surface area contributed by atoms with Crippen molar-refractivity contribution < 1.29 is 14.6 Å². The van der Waals surface area contributed by atoms with Gasteiger partial charge in [-0.15, -0.1) is 0 Å². The number of hydrogen-bond donors (Lipinski definition) is 3. The van der Waals surface area contributed by atoms with E-state index in [0.717, 1.165) is 0 Å². The van der Waals surface area contributed by atoms with Crippen LogP contribution in [-0.2, 0) is 6.54 Å². The number of phenols is 1. The van der Waals surface area contributed by atoms with Crippen LogP contribution >= 0.6 is 0 Å². The summed E-state index contributed by atoms with van der Waals surface area (Å²) in [5, 5.41) is 15.6. The topological polar surface area (TPSA) is 83.5 Å². The second kappa shape index (κ2) is 6.60. The molecule has 0 bridgehead atoms. The summed E-state index contributed by atoms with van der Waals surface area (Å²) in [7, 11) is 3.06. The summed E-state index contributed by atoms with van der Waals surface area (Å²) in [5.41, 5.74) is 1.10. The van der Waals surface area contributed by atoms with Crippen LogP contribution in [0.15, 0.2) is 36.5 Å². The Balaban J connectivity index is 2.19. The zero-order valence-corrected chi connectivity index (χ0v) is 11.9. The molecule has 0 unspecified atom stereocenters. The molecule has 2 rings (SSSR count). The number of nitrogens with one attached hydrogen (secondary N) is 2. The molecule has 21 heavy (non-hydrogen) atoms. The summed E-state index contributed by atoms with van der Waals surface area (Å²) >= 11 is 0. The fraction of sp³-hybridized carbons (Fsp3) is 0.200. The fourth-order valence-corrected chi connectivity index (χ4v) is 1.92. The van der Waals surface area contributed by atoms with Gasteiger partial charge in [-0.2, -0.15) is 0 Å². The maximum absolute atomic E-state index is 11.8. The Morgan fingerprint density at radius 2 is 2.14 bits per heavy atom. The van der Waals surface area contributed by atoms with Crippen LogP contribution in [0.1, 0.15) is 15.9 Å². The number of aromatic nitrogens is 1. The number of methoxy groups -OCH3 is 1. The number of rotatable bonds is 5. The van der Waals surface area contributed by atoms with E-state index in [1.54, 1.807) is 43.6 Å². The van der Waals surface area contributed by atoms with Gasteiger partial charge in [0.05, 0.1) is 12.7 Å². The highest BCUT2D eigenvalue weighted by molar-refractivity contribution is 5.98. The van der Waals surface area contributed by atoms with Crippen LogP contribution in [0.3, 0.4) is 0 Å². The van der Waals surface area contributed by atoms with Crippen LogP contribution in [0, 0.1) is 0 Å². The third-order valence-electron chi connectivity index (χ3n) is 3.03. The molecule has 6 nitrogen and oxygen atoms in total. The van der Waals surface area contributed by atoms with E-state index in [4.69, 9.17) is 4.74 Å². The number of anilines is 1. The Kier molecular flexibility index (Phi) is 4.61. The molecule has 0 aliphatic rings. The minimum atomic E-state index is -0.222. The second-order valence-electron chi connectivity index (χ2n) is 4.30. The van der Waals surface area contributed by atoms with Crippen LogP contribution < -0.4 is 15.4 Å². The lowest BCUT2D eigenvalue weighted by Crippen LogP contribution is -2.20. The van der Waals surface area contributed by atoms with E-state index in [-0.39, 0.29) is 11.7 Å². The predicted molar refractivity (Wildman–Crippen MR) is 79.6 cm³/mol. The highest BCUT2D eigenvalue weighted by atomic mass is 16.5. The van der Waals surface area contributed by atoms with Gasteiger partial charge in [0.2, 0.25) is 0 Å². The lowest BCUT2D eigenvalue weighted by molar-refractivity contribution is 0.0963. The van der Waals surface area contributed by atoms with E-state index in [2.05, 4.69) is 15.6 Å². The van der Waals surface area contributed by atoms with Crippen molar-refractivity contribution in [3.8, 4) is 11.5 Å². The van der Waals surface area contributed by atoms with Crippen LogP contribution in [0.2, 0.25) is 0 Å². The number of pyridine rings is 1. The first kappa shape index (κ1) is 14.6. The first-order valence-electron chi connectivity index (χ1n) is 6.43. The summed E-state index contributed by atoms with van der Waals surface area (Å²) < 4.78 is 5.06. The Morgan fingerprint density at radius 1 is 1.33 bits per heavy atom. The molecule has 0 saturated carbocycles. The number of hydrogen-bond acceptors (Lipinski definition) is 5. The van der Waals surface area contributed by atoms with Crippen molar-refractivity contribution in [1.82, 2.24) is 10.3 Å². The standard InChI is InChI=1S/C15H17N3O3/c1-16-15(20)11-6-4-8-17-14(11)18-9-10-5-3-7-12(21-2)13(10)19/h3-8,19H,9H2,1-2H3,(H,16,20)(H,17,18). The third kappa shape index (κ3) is 3.22. The highest BCUT2D eigenvalue weighted by Crippen LogP contribution is 2.29. The van der Waals surface area contributed by atoms with Gasteiger partial charge in [0, 0.05) is 25.4 Å². The van der Waals surface area contributed by atoms with Gasteiger partial charge in [0.1, 0.15) is 5.82 Å². The van der Waals surface area contributed by atoms with E-state index in [9.17, 15) is 9.90 Å². The summed E-state index contributed by atoms with van der Waals surface area (Å²) in [6, 6.07) is 8.61. The number of phenolic OH excluding ortho intramolecular Hbond substituents is 1. The summed E-state index contributed by atoms with van der Waals surface area (Å²) in [6.07, 6.45) is 1.60. The molecular weight excluding hydrogens is 270 g/mol. The monoisotopic (exact) mass is 287 g/mol. The molecule has 0 saturated heterocycles. The summed E-state index contributed by atoms with van der Waals surface area (Å²) in [5.74, 6) is 0.714. The van der Waals surface area contributed by atoms with Crippen molar-refractivity contribution >= 4 is 11.7 Å². The molecule has 1 aromatic heterocycles. The van der Waals surface area contributed by atoms with Gasteiger partial charge in [-0.3, -0.25) is 4.79 Å². The van der Waals surface area contributed by atoms with Gasteiger partial charge in [-0.1, -0.05) is 12.1 Å². The SMILES string of the molecule is CNC(=O)c1cccnc1NCc1cccc(OC)c1O. The molecular formula is C15H17N3O3. The maximum atomic E-state index is 11.8. The van der Waals surface area contributed by atoms with Crippen molar-refractivity contribution in [1.29, 1.82) is 0 Å². The number of benzene rings is 1. The van der Waals surface area contributed by atoms with Gasteiger partial charge < -0.3 is 20.5 Å². The van der Waals surface area contributed by atoms with Crippen molar-refractivity contribution in [2.24, 2.45) is 0 Å². The zero-order chi connectivity index (χ0) is 15.2. The largest absolute Gasteiger partial charge is 0.504 e. The summed E-state index contributed by atoms with van der Waals surface area (Å²) in [4.78, 5) is 15.9. The molecule has 0 radical (unpaired) electrons. The minimum Gasteiger partial charge on any atom is -0.504 e. The normalized spacial score (nSPS) is 10.0. The number of aromatic hydroxyl groups is 1. The molecule has 3 N–H and O–H groups in total. The predicted octanol–water partition coefficient (Wildman–Crippen LogP) is 1.77. The number of amides is 1. The Labute approximate surface area is 122 Å². The average Bonchev–Trinajstić information content (AvgIpc) is 2.53. The molecule has 0 aliphatic heterocycles. The molecule has 1 aromatic carbocycles. The molecule has 0 aliphatic carbocycles. The molecule has 0 spiro atoms. The lowest BCUT2D eigenvalue weighted by atomic mass is 10.1. The number of ether oxygens (including phenoxy) is 1. The van der Waals surface area contributed by atoms with Crippen molar-refractivity contribution in [3.63, 3.8) is 0 Å². The van der Waals surface area contributed by atoms with Crippen LogP contribution in [-0.4, -0.2) is 30.2 Å². The second-order valence-corrected chi connectivity index (χ2v) is 4.30. The van der Waals surface area contributed by atoms with E-state index in [0.29, 0.717) is 29.2 Å². The number of para-hydroxylation sites is 1. The first-order chi connectivity index (χ1) is 10.2. The van der Waals surface area contributed by atoms with Crippen molar-refractivity contribution in [2.75, 3.05) is 19.5 Å². The van der Waals surface area contributed by atoms with Crippen LogP contribution in [0.5, 0.6) is 11.5 Å². The van der Waals surface area contributed by atoms with Crippen molar-refractivity contribution in [2.45, 2.75) is 6.54 Å².